The quantitative estimate of drug-likeness (QED) is 0.536. The number of methoxy groups -OCH3 is 1. The number of nitrogens with zero attached hydrogens (tertiary/aromatic N) is 1. The Morgan fingerprint density at radius 1 is 1.00 bits per heavy atom. The van der Waals surface area contributed by atoms with Gasteiger partial charge in [0, 0.05) is 6.42 Å². The van der Waals surface area contributed by atoms with Crippen LogP contribution in [0.1, 0.15) is 31.7 Å². The van der Waals surface area contributed by atoms with Crippen LogP contribution in [-0.2, 0) is 10.0 Å². The van der Waals surface area contributed by atoms with Gasteiger partial charge in [0.1, 0.15) is 5.75 Å². The zero-order valence-corrected chi connectivity index (χ0v) is 16.3. The van der Waals surface area contributed by atoms with Gasteiger partial charge in [-0.15, -0.1) is 5.92 Å². The minimum absolute atomic E-state index is 0.117. The first kappa shape index (κ1) is 19.9. The first-order chi connectivity index (χ1) is 12.5. The standard InChI is InChI=1S/C21H25NO3S/c1-4-5-6-7-8-17-22(19-11-13-20(25-3)14-12-19)26(23,24)21-15-9-18(2)10-16-21/h9-16H,4-6,17H2,1-3H3. The minimum Gasteiger partial charge on any atom is -0.497 e. The molecule has 138 valence electrons. The van der Waals surface area contributed by atoms with Crippen molar-refractivity contribution in [2.24, 2.45) is 0 Å². The molecule has 0 aliphatic rings. The smallest absolute Gasteiger partial charge is 0.265 e. The van der Waals surface area contributed by atoms with Crippen LogP contribution in [0.3, 0.4) is 0 Å². The van der Waals surface area contributed by atoms with E-state index in [1.165, 1.54) is 4.31 Å². The summed E-state index contributed by atoms with van der Waals surface area (Å²) in [5.74, 6) is 6.74. The summed E-state index contributed by atoms with van der Waals surface area (Å²) < 4.78 is 32.8. The highest BCUT2D eigenvalue weighted by atomic mass is 32.2. The van der Waals surface area contributed by atoms with Gasteiger partial charge in [0.2, 0.25) is 0 Å². The van der Waals surface area contributed by atoms with E-state index in [2.05, 4.69) is 18.8 Å². The molecule has 5 heteroatoms. The zero-order valence-electron chi connectivity index (χ0n) is 15.5. The largest absolute Gasteiger partial charge is 0.497 e. The summed E-state index contributed by atoms with van der Waals surface area (Å²) in [6.07, 6.45) is 2.86. The normalized spacial score (nSPS) is 10.7. The number of unbranched alkanes of at least 4 members (excludes halogenated alkanes) is 2. The molecule has 0 aromatic heterocycles. The molecule has 0 N–H and O–H groups in total. The van der Waals surface area contributed by atoms with Gasteiger partial charge in [-0.3, -0.25) is 4.31 Å². The number of hydrogen-bond donors (Lipinski definition) is 0. The molecule has 2 aromatic carbocycles. The predicted molar refractivity (Wildman–Crippen MR) is 106 cm³/mol. The topological polar surface area (TPSA) is 46.6 Å². The van der Waals surface area contributed by atoms with Crippen molar-refractivity contribution in [1.82, 2.24) is 0 Å². The highest BCUT2D eigenvalue weighted by molar-refractivity contribution is 7.92. The molecule has 0 bridgehead atoms. The Kier molecular flexibility index (Phi) is 7.11. The first-order valence-electron chi connectivity index (χ1n) is 8.68. The number of ether oxygens (including phenoxy) is 1. The fourth-order valence-electron chi connectivity index (χ4n) is 2.38. The third-order valence-corrected chi connectivity index (χ3v) is 5.76. The van der Waals surface area contributed by atoms with Gasteiger partial charge in [-0.1, -0.05) is 37.0 Å². The highest BCUT2D eigenvalue weighted by Crippen LogP contribution is 2.25. The Morgan fingerprint density at radius 3 is 2.23 bits per heavy atom. The minimum atomic E-state index is -3.69. The molecule has 0 atom stereocenters. The average Bonchev–Trinajstić information content (AvgIpc) is 2.65. The summed E-state index contributed by atoms with van der Waals surface area (Å²) in [6.45, 7) is 4.15. The number of hydrogen-bond acceptors (Lipinski definition) is 3. The van der Waals surface area contributed by atoms with Gasteiger partial charge in [0.25, 0.3) is 10.0 Å². The van der Waals surface area contributed by atoms with E-state index in [0.717, 1.165) is 24.8 Å². The molecule has 0 spiro atoms. The Morgan fingerprint density at radius 2 is 1.65 bits per heavy atom. The van der Waals surface area contributed by atoms with E-state index in [9.17, 15) is 8.42 Å². The number of aryl methyl sites for hydroxylation is 1. The highest BCUT2D eigenvalue weighted by Gasteiger charge is 2.24. The van der Waals surface area contributed by atoms with Gasteiger partial charge >= 0.3 is 0 Å². The second-order valence-electron chi connectivity index (χ2n) is 5.98. The molecule has 0 heterocycles. The molecule has 0 aliphatic heterocycles. The van der Waals surface area contributed by atoms with Gasteiger partial charge in [0.05, 0.1) is 24.2 Å². The van der Waals surface area contributed by atoms with E-state index in [0.29, 0.717) is 11.4 Å². The SMILES string of the molecule is CCCCC#CCN(c1ccc(OC)cc1)S(=O)(=O)c1ccc(C)cc1. The second-order valence-corrected chi connectivity index (χ2v) is 7.84. The molecular weight excluding hydrogens is 346 g/mol. The Hall–Kier alpha value is -2.45. The van der Waals surface area contributed by atoms with E-state index >= 15 is 0 Å². The Labute approximate surface area is 156 Å². The van der Waals surface area contributed by atoms with E-state index in [-0.39, 0.29) is 11.4 Å². The van der Waals surface area contributed by atoms with Crippen LogP contribution in [0.25, 0.3) is 0 Å². The lowest BCUT2D eigenvalue weighted by Gasteiger charge is -2.22. The lowest BCUT2D eigenvalue weighted by atomic mass is 10.2. The molecule has 0 saturated heterocycles. The van der Waals surface area contributed by atoms with Crippen molar-refractivity contribution in [1.29, 1.82) is 0 Å². The molecule has 4 nitrogen and oxygen atoms in total. The van der Waals surface area contributed by atoms with Crippen molar-refractivity contribution >= 4 is 15.7 Å². The van der Waals surface area contributed by atoms with Crippen molar-refractivity contribution in [3.8, 4) is 17.6 Å². The lowest BCUT2D eigenvalue weighted by Crippen LogP contribution is -2.31. The Bertz CT molecular complexity index is 860. The number of sulfonamides is 1. The Balaban J connectivity index is 2.37. The van der Waals surface area contributed by atoms with E-state index in [1.807, 2.05) is 6.92 Å². The summed E-state index contributed by atoms with van der Waals surface area (Å²) >= 11 is 0. The summed E-state index contributed by atoms with van der Waals surface area (Å²) in [5.41, 5.74) is 1.58. The van der Waals surface area contributed by atoms with Crippen LogP contribution in [0.2, 0.25) is 0 Å². The van der Waals surface area contributed by atoms with Crippen LogP contribution in [0.5, 0.6) is 5.75 Å². The zero-order chi connectivity index (χ0) is 19.0. The second kappa shape index (κ2) is 9.30. The van der Waals surface area contributed by atoms with Crippen molar-refractivity contribution in [3.05, 3.63) is 54.1 Å². The van der Waals surface area contributed by atoms with Crippen molar-refractivity contribution in [3.63, 3.8) is 0 Å². The fourth-order valence-corrected chi connectivity index (χ4v) is 3.75. The molecule has 0 fully saturated rings. The van der Waals surface area contributed by atoms with Crippen LogP contribution in [0, 0.1) is 18.8 Å². The van der Waals surface area contributed by atoms with Gasteiger partial charge in [0.15, 0.2) is 0 Å². The summed E-state index contributed by atoms with van der Waals surface area (Å²) in [6, 6.07) is 13.8. The summed E-state index contributed by atoms with van der Waals surface area (Å²) in [4.78, 5) is 0.259. The van der Waals surface area contributed by atoms with Crippen LogP contribution < -0.4 is 9.04 Å². The van der Waals surface area contributed by atoms with Gasteiger partial charge in [-0.25, -0.2) is 8.42 Å². The van der Waals surface area contributed by atoms with Gasteiger partial charge in [-0.05, 0) is 49.7 Å². The molecule has 0 radical (unpaired) electrons. The predicted octanol–water partition coefficient (Wildman–Crippen LogP) is 4.39. The van der Waals surface area contributed by atoms with E-state index in [4.69, 9.17) is 4.74 Å². The van der Waals surface area contributed by atoms with Crippen LogP contribution in [0.4, 0.5) is 5.69 Å². The number of rotatable bonds is 7. The molecule has 0 saturated carbocycles. The summed E-state index contributed by atoms with van der Waals surface area (Å²) in [7, 11) is -2.11. The first-order valence-corrected chi connectivity index (χ1v) is 10.1. The maximum absolute atomic E-state index is 13.1. The molecule has 0 unspecified atom stereocenters. The van der Waals surface area contributed by atoms with Crippen LogP contribution in [0.15, 0.2) is 53.4 Å². The van der Waals surface area contributed by atoms with Crippen molar-refractivity contribution in [2.45, 2.75) is 38.0 Å². The molecular formula is C21H25NO3S. The maximum atomic E-state index is 13.1. The third kappa shape index (κ3) is 5.03. The third-order valence-electron chi connectivity index (χ3n) is 3.97. The van der Waals surface area contributed by atoms with Gasteiger partial charge < -0.3 is 4.74 Å². The van der Waals surface area contributed by atoms with E-state index < -0.39 is 10.0 Å². The molecule has 0 aliphatic carbocycles. The number of benzene rings is 2. The van der Waals surface area contributed by atoms with Crippen LogP contribution in [-0.4, -0.2) is 22.1 Å². The van der Waals surface area contributed by atoms with E-state index in [1.54, 1.807) is 55.6 Å². The lowest BCUT2D eigenvalue weighted by molar-refractivity contribution is 0.415. The van der Waals surface area contributed by atoms with Crippen LogP contribution >= 0.6 is 0 Å². The molecule has 2 rings (SSSR count). The maximum Gasteiger partial charge on any atom is 0.265 e. The molecule has 2 aromatic rings. The monoisotopic (exact) mass is 371 g/mol. The molecule has 26 heavy (non-hydrogen) atoms. The number of anilines is 1. The van der Waals surface area contributed by atoms with Gasteiger partial charge in [-0.2, -0.15) is 0 Å². The average molecular weight is 372 g/mol. The fraction of sp³-hybridized carbons (Fsp3) is 0.333. The van der Waals surface area contributed by atoms with Crippen molar-refractivity contribution < 1.29 is 13.2 Å². The van der Waals surface area contributed by atoms with Crippen molar-refractivity contribution in [2.75, 3.05) is 18.0 Å². The summed E-state index contributed by atoms with van der Waals surface area (Å²) in [5, 5.41) is 0. The molecule has 0 amide bonds.